The van der Waals surface area contributed by atoms with Crippen LogP contribution in [0.1, 0.15) is 18.4 Å². The third-order valence-corrected chi connectivity index (χ3v) is 5.69. The Bertz CT molecular complexity index is 990. The molecule has 2 aromatic rings. The van der Waals surface area contributed by atoms with Gasteiger partial charge in [0.2, 0.25) is 11.8 Å². The maximum Gasteiger partial charge on any atom is 0.515 e. The molecule has 0 radical (unpaired) electrons. The molecule has 0 aliphatic carbocycles. The molecule has 1 amide bonds. The fraction of sp³-hybridized carbons (Fsp3) is 0.200. The number of benzene rings is 2. The van der Waals surface area contributed by atoms with Crippen LogP contribution in [0.4, 0.5) is 10.5 Å². The molecule has 0 spiro atoms. The summed E-state index contributed by atoms with van der Waals surface area (Å²) < 4.78 is 10.5. The van der Waals surface area contributed by atoms with Crippen LogP contribution in [0.3, 0.4) is 0 Å². The van der Waals surface area contributed by atoms with E-state index in [9.17, 15) is 19.7 Å². The van der Waals surface area contributed by atoms with Crippen LogP contribution in [0.5, 0.6) is 0 Å². The standard InChI is InChI=1S/C20H16N2O6S/c23-18-11-15-10-17(29-16-8-6-14(7-9-16)22(25)26)19(21(15)18)28-20(24)27-12-13-4-2-1-3-5-13/h1-9,15H,10-12H2. The molecule has 148 valence electrons. The molecular formula is C20H16N2O6S. The molecule has 2 aromatic carbocycles. The van der Waals surface area contributed by atoms with E-state index in [2.05, 4.69) is 0 Å². The number of β-lactam (4-membered cyclic amide) rings is 1. The van der Waals surface area contributed by atoms with E-state index >= 15 is 0 Å². The average molecular weight is 412 g/mol. The Morgan fingerprint density at radius 2 is 1.86 bits per heavy atom. The van der Waals surface area contributed by atoms with E-state index in [1.165, 1.54) is 28.8 Å². The summed E-state index contributed by atoms with van der Waals surface area (Å²) >= 11 is 1.32. The van der Waals surface area contributed by atoms with Gasteiger partial charge >= 0.3 is 6.16 Å². The maximum atomic E-state index is 12.2. The Balaban J connectivity index is 1.47. The van der Waals surface area contributed by atoms with Crippen LogP contribution in [-0.2, 0) is 20.9 Å². The number of carbonyl (C=O) groups excluding carboxylic acids is 2. The normalized spacial score (nSPS) is 17.6. The summed E-state index contributed by atoms with van der Waals surface area (Å²) in [5.41, 5.74) is 0.818. The average Bonchev–Trinajstić information content (AvgIpc) is 2.98. The van der Waals surface area contributed by atoms with Crippen LogP contribution in [0, 0.1) is 10.1 Å². The van der Waals surface area contributed by atoms with Gasteiger partial charge in [0.15, 0.2) is 0 Å². The molecule has 0 saturated carbocycles. The van der Waals surface area contributed by atoms with Crippen LogP contribution in [0.2, 0.25) is 0 Å². The molecule has 4 rings (SSSR count). The molecule has 2 aliphatic rings. The lowest BCUT2D eigenvalue weighted by atomic mass is 10.0. The van der Waals surface area contributed by atoms with Crippen molar-refractivity contribution in [2.75, 3.05) is 0 Å². The summed E-state index contributed by atoms with van der Waals surface area (Å²) in [6.07, 6.45) is 0.0799. The Hall–Kier alpha value is -3.33. The number of nitrogens with zero attached hydrogens (tertiary/aromatic N) is 2. The largest absolute Gasteiger partial charge is 0.515 e. The van der Waals surface area contributed by atoms with Crippen molar-refractivity contribution in [3.63, 3.8) is 0 Å². The first kappa shape index (κ1) is 19.0. The van der Waals surface area contributed by atoms with Crippen molar-refractivity contribution in [1.29, 1.82) is 0 Å². The number of ether oxygens (including phenoxy) is 2. The van der Waals surface area contributed by atoms with E-state index in [0.29, 0.717) is 17.7 Å². The molecule has 2 aliphatic heterocycles. The highest BCUT2D eigenvalue weighted by atomic mass is 32.2. The van der Waals surface area contributed by atoms with Crippen molar-refractivity contribution >= 4 is 29.5 Å². The molecule has 0 aromatic heterocycles. The van der Waals surface area contributed by atoms with E-state index in [1.807, 2.05) is 30.3 Å². The van der Waals surface area contributed by atoms with E-state index in [-0.39, 0.29) is 30.1 Å². The van der Waals surface area contributed by atoms with Gasteiger partial charge < -0.3 is 9.47 Å². The fourth-order valence-electron chi connectivity index (χ4n) is 3.16. The highest BCUT2D eigenvalue weighted by molar-refractivity contribution is 8.03. The second-order valence-electron chi connectivity index (χ2n) is 6.53. The van der Waals surface area contributed by atoms with E-state index < -0.39 is 11.1 Å². The molecule has 1 saturated heterocycles. The maximum absolute atomic E-state index is 12.2. The Kier molecular flexibility index (Phi) is 5.22. The minimum atomic E-state index is -0.883. The molecule has 1 unspecified atom stereocenters. The number of rotatable bonds is 6. The number of amides is 1. The number of hydrogen-bond donors (Lipinski definition) is 0. The lowest BCUT2D eigenvalue weighted by Crippen LogP contribution is -2.49. The third-order valence-electron chi connectivity index (χ3n) is 4.59. The van der Waals surface area contributed by atoms with Crippen molar-refractivity contribution in [2.45, 2.75) is 30.4 Å². The molecule has 0 N–H and O–H groups in total. The predicted octanol–water partition coefficient (Wildman–Crippen LogP) is 4.21. The van der Waals surface area contributed by atoms with Gasteiger partial charge in [-0.1, -0.05) is 42.1 Å². The molecular weight excluding hydrogens is 396 g/mol. The minimum Gasteiger partial charge on any atom is -0.429 e. The monoisotopic (exact) mass is 412 g/mol. The zero-order valence-electron chi connectivity index (χ0n) is 15.1. The third kappa shape index (κ3) is 4.09. The summed E-state index contributed by atoms with van der Waals surface area (Å²) in [5, 5.41) is 10.8. The fourth-order valence-corrected chi connectivity index (χ4v) is 4.21. The van der Waals surface area contributed by atoms with Crippen molar-refractivity contribution in [1.82, 2.24) is 4.90 Å². The molecule has 1 atom stereocenters. The summed E-state index contributed by atoms with van der Waals surface area (Å²) in [5.74, 6) is 0.0767. The molecule has 2 heterocycles. The zero-order valence-corrected chi connectivity index (χ0v) is 16.0. The van der Waals surface area contributed by atoms with E-state index in [1.54, 1.807) is 12.1 Å². The van der Waals surface area contributed by atoms with Gasteiger partial charge in [0.1, 0.15) is 6.61 Å². The lowest BCUT2D eigenvalue weighted by molar-refractivity contribution is -0.384. The predicted molar refractivity (Wildman–Crippen MR) is 104 cm³/mol. The summed E-state index contributed by atoms with van der Waals surface area (Å²) in [6.45, 7) is 0.0646. The first-order valence-electron chi connectivity index (χ1n) is 8.87. The van der Waals surface area contributed by atoms with Gasteiger partial charge in [-0.3, -0.25) is 19.8 Å². The number of carbonyl (C=O) groups is 2. The van der Waals surface area contributed by atoms with Crippen molar-refractivity contribution < 1.29 is 24.0 Å². The number of thioether (sulfide) groups is 1. The second kappa shape index (κ2) is 7.96. The van der Waals surface area contributed by atoms with Gasteiger partial charge in [0.05, 0.1) is 15.9 Å². The number of fused-ring (bicyclic) bond motifs is 1. The second-order valence-corrected chi connectivity index (χ2v) is 7.70. The molecule has 1 fully saturated rings. The van der Waals surface area contributed by atoms with E-state index in [4.69, 9.17) is 9.47 Å². The van der Waals surface area contributed by atoms with Gasteiger partial charge in [-0.2, -0.15) is 0 Å². The smallest absolute Gasteiger partial charge is 0.429 e. The Morgan fingerprint density at radius 3 is 2.52 bits per heavy atom. The molecule has 0 bridgehead atoms. The van der Waals surface area contributed by atoms with Crippen LogP contribution >= 0.6 is 11.8 Å². The van der Waals surface area contributed by atoms with E-state index in [0.717, 1.165) is 10.5 Å². The summed E-state index contributed by atoms with van der Waals surface area (Å²) in [6, 6.07) is 15.2. The number of nitro groups is 1. The summed E-state index contributed by atoms with van der Waals surface area (Å²) in [4.78, 5) is 37.4. The SMILES string of the molecule is O=C(OCc1ccccc1)OC1=C(Sc2ccc([N+](=O)[O-])cc2)CC2CC(=O)N12. The van der Waals surface area contributed by atoms with Crippen molar-refractivity contribution in [3.05, 3.63) is 81.1 Å². The number of non-ortho nitro benzene ring substituents is 1. The first-order chi connectivity index (χ1) is 14.0. The number of nitro benzene ring substituents is 1. The molecule has 8 nitrogen and oxygen atoms in total. The Labute approximate surface area is 170 Å². The quantitative estimate of drug-likeness (QED) is 0.303. The van der Waals surface area contributed by atoms with Crippen molar-refractivity contribution in [2.24, 2.45) is 0 Å². The highest BCUT2D eigenvalue weighted by Gasteiger charge is 2.47. The van der Waals surface area contributed by atoms with Crippen LogP contribution < -0.4 is 0 Å². The van der Waals surface area contributed by atoms with Gasteiger partial charge in [0.25, 0.3) is 5.69 Å². The van der Waals surface area contributed by atoms with Gasteiger partial charge in [-0.15, -0.1) is 0 Å². The first-order valence-corrected chi connectivity index (χ1v) is 9.69. The Morgan fingerprint density at radius 1 is 1.14 bits per heavy atom. The van der Waals surface area contributed by atoms with Crippen LogP contribution in [0.25, 0.3) is 0 Å². The lowest BCUT2D eigenvalue weighted by Gasteiger charge is -2.34. The minimum absolute atomic E-state index is 0.00490. The molecule has 29 heavy (non-hydrogen) atoms. The molecule has 9 heteroatoms. The van der Waals surface area contributed by atoms with Gasteiger partial charge in [0, 0.05) is 29.9 Å². The topological polar surface area (TPSA) is 99.0 Å². The number of hydrogen-bond acceptors (Lipinski definition) is 7. The van der Waals surface area contributed by atoms with Crippen LogP contribution in [0.15, 0.2) is 70.3 Å². The van der Waals surface area contributed by atoms with Crippen molar-refractivity contribution in [3.8, 4) is 0 Å². The zero-order chi connectivity index (χ0) is 20.4. The van der Waals surface area contributed by atoms with Crippen LogP contribution in [-0.4, -0.2) is 27.9 Å². The van der Waals surface area contributed by atoms with Gasteiger partial charge in [-0.25, -0.2) is 4.79 Å². The van der Waals surface area contributed by atoms with Gasteiger partial charge in [-0.05, 0) is 17.7 Å². The highest BCUT2D eigenvalue weighted by Crippen LogP contribution is 2.45. The summed E-state index contributed by atoms with van der Waals surface area (Å²) in [7, 11) is 0.